The molecule has 22 heavy (non-hydrogen) atoms. The lowest BCUT2D eigenvalue weighted by Crippen LogP contribution is -2.58. The molecule has 2 aromatic rings. The van der Waals surface area contributed by atoms with Crippen LogP contribution in [0, 0.1) is 5.92 Å². The number of carbonyl (C=O) groups excluding carboxylic acids is 1. The summed E-state index contributed by atoms with van der Waals surface area (Å²) in [5, 5.41) is 6.26. The maximum Gasteiger partial charge on any atom is 0.347 e. The molecular formula is C15H18N4O3. The maximum absolute atomic E-state index is 12.9. The first-order valence-electron chi connectivity index (χ1n) is 7.56. The zero-order chi connectivity index (χ0) is 15.3. The van der Waals surface area contributed by atoms with Gasteiger partial charge in [0.15, 0.2) is 5.65 Å². The van der Waals surface area contributed by atoms with E-state index in [0.29, 0.717) is 36.9 Å². The molecule has 0 radical (unpaired) electrons. The first-order valence-corrected chi connectivity index (χ1v) is 7.56. The molecule has 0 spiro atoms. The van der Waals surface area contributed by atoms with Crippen molar-refractivity contribution in [3.05, 3.63) is 34.4 Å². The predicted molar refractivity (Wildman–Crippen MR) is 78.8 cm³/mol. The van der Waals surface area contributed by atoms with Crippen LogP contribution in [-0.4, -0.2) is 50.7 Å². The number of aromatic nitrogens is 3. The molecule has 1 unspecified atom stereocenters. The van der Waals surface area contributed by atoms with Crippen LogP contribution in [0.25, 0.3) is 5.65 Å². The standard InChI is InChI=1S/C15H18N4O3/c1-15(11-3-4-11)9-22-7-6-19(15)13(20)10-2-5-12-16-17-14(21)18(12)8-10/h2,5,8,11H,3-4,6-7,9H2,1H3,(H,17,21). The van der Waals surface area contributed by atoms with Gasteiger partial charge in [-0.05, 0) is 37.8 Å². The van der Waals surface area contributed by atoms with E-state index in [9.17, 15) is 9.59 Å². The average molecular weight is 302 g/mol. The number of rotatable bonds is 2. The summed E-state index contributed by atoms with van der Waals surface area (Å²) in [7, 11) is 0. The lowest BCUT2D eigenvalue weighted by Gasteiger charge is -2.45. The third-order valence-electron chi connectivity index (χ3n) is 4.83. The molecule has 1 aliphatic carbocycles. The second-order valence-corrected chi connectivity index (χ2v) is 6.32. The smallest absolute Gasteiger partial charge is 0.347 e. The van der Waals surface area contributed by atoms with Crippen molar-refractivity contribution >= 4 is 11.6 Å². The molecule has 2 fully saturated rings. The Labute approximate surface area is 126 Å². The molecule has 116 valence electrons. The molecule has 7 nitrogen and oxygen atoms in total. The zero-order valence-corrected chi connectivity index (χ0v) is 12.4. The number of pyridine rings is 1. The monoisotopic (exact) mass is 302 g/mol. The molecule has 0 aromatic carbocycles. The summed E-state index contributed by atoms with van der Waals surface area (Å²) in [5.41, 5.74) is 0.431. The van der Waals surface area contributed by atoms with Crippen molar-refractivity contribution in [2.24, 2.45) is 5.92 Å². The fraction of sp³-hybridized carbons (Fsp3) is 0.533. The van der Waals surface area contributed by atoms with Gasteiger partial charge in [0.2, 0.25) is 0 Å². The second kappa shape index (κ2) is 4.67. The van der Waals surface area contributed by atoms with Crippen molar-refractivity contribution < 1.29 is 9.53 Å². The number of carbonyl (C=O) groups is 1. The zero-order valence-electron chi connectivity index (χ0n) is 12.4. The van der Waals surface area contributed by atoms with Gasteiger partial charge < -0.3 is 9.64 Å². The van der Waals surface area contributed by atoms with Gasteiger partial charge in [0.25, 0.3) is 5.91 Å². The molecule has 7 heteroatoms. The molecular weight excluding hydrogens is 284 g/mol. The summed E-state index contributed by atoms with van der Waals surface area (Å²) in [5.74, 6) is 0.463. The first kappa shape index (κ1) is 13.5. The molecule has 1 saturated heterocycles. The SMILES string of the molecule is CC1(C2CC2)COCCN1C(=O)c1ccc2n[nH]c(=O)n2c1. The average Bonchev–Trinajstić information content (AvgIpc) is 3.33. The summed E-state index contributed by atoms with van der Waals surface area (Å²) >= 11 is 0. The third kappa shape index (κ3) is 1.96. The van der Waals surface area contributed by atoms with Crippen molar-refractivity contribution in [2.75, 3.05) is 19.8 Å². The summed E-state index contributed by atoms with van der Waals surface area (Å²) < 4.78 is 6.98. The minimum Gasteiger partial charge on any atom is -0.377 e. The van der Waals surface area contributed by atoms with Crippen LogP contribution in [0.3, 0.4) is 0 Å². The Morgan fingerprint density at radius 2 is 2.27 bits per heavy atom. The molecule has 1 aliphatic heterocycles. The normalized spacial score (nSPS) is 25.6. The number of hydrogen-bond donors (Lipinski definition) is 1. The summed E-state index contributed by atoms with van der Waals surface area (Å²) in [6.07, 6.45) is 3.85. The van der Waals surface area contributed by atoms with Crippen molar-refractivity contribution in [1.82, 2.24) is 19.5 Å². The van der Waals surface area contributed by atoms with Crippen LogP contribution in [0.2, 0.25) is 0 Å². The Hall–Kier alpha value is -2.15. The van der Waals surface area contributed by atoms with Gasteiger partial charge >= 0.3 is 5.69 Å². The minimum atomic E-state index is -0.336. The largest absolute Gasteiger partial charge is 0.377 e. The Bertz CT molecular complexity index is 791. The number of hydrogen-bond acceptors (Lipinski definition) is 4. The van der Waals surface area contributed by atoms with E-state index < -0.39 is 0 Å². The van der Waals surface area contributed by atoms with E-state index in [4.69, 9.17) is 4.74 Å². The van der Waals surface area contributed by atoms with Crippen LogP contribution in [0.15, 0.2) is 23.1 Å². The molecule has 1 amide bonds. The van der Waals surface area contributed by atoms with Crippen molar-refractivity contribution in [3.63, 3.8) is 0 Å². The molecule has 0 bridgehead atoms. The highest BCUT2D eigenvalue weighted by atomic mass is 16.5. The summed E-state index contributed by atoms with van der Waals surface area (Å²) in [6, 6.07) is 3.40. The Morgan fingerprint density at radius 3 is 3.05 bits per heavy atom. The number of H-pyrrole nitrogens is 1. The van der Waals surface area contributed by atoms with E-state index in [1.807, 2.05) is 4.90 Å². The fourth-order valence-electron chi connectivity index (χ4n) is 3.33. The van der Waals surface area contributed by atoms with Crippen molar-refractivity contribution in [3.8, 4) is 0 Å². The van der Waals surface area contributed by atoms with Gasteiger partial charge in [-0.15, -0.1) is 0 Å². The molecule has 1 N–H and O–H groups in total. The van der Waals surface area contributed by atoms with E-state index in [2.05, 4.69) is 17.1 Å². The number of aromatic amines is 1. The molecule has 2 aromatic heterocycles. The van der Waals surface area contributed by atoms with Gasteiger partial charge in [-0.1, -0.05) is 0 Å². The molecule has 3 heterocycles. The quantitative estimate of drug-likeness (QED) is 0.884. The highest BCUT2D eigenvalue weighted by Gasteiger charge is 2.49. The lowest BCUT2D eigenvalue weighted by molar-refractivity contribution is -0.0547. The first-order chi connectivity index (χ1) is 10.6. The third-order valence-corrected chi connectivity index (χ3v) is 4.83. The molecule has 1 saturated carbocycles. The van der Waals surface area contributed by atoms with E-state index in [-0.39, 0.29) is 17.1 Å². The second-order valence-electron chi connectivity index (χ2n) is 6.32. The van der Waals surface area contributed by atoms with E-state index >= 15 is 0 Å². The van der Waals surface area contributed by atoms with E-state index in [0.717, 1.165) is 12.8 Å². The van der Waals surface area contributed by atoms with Crippen LogP contribution >= 0.6 is 0 Å². The van der Waals surface area contributed by atoms with Gasteiger partial charge in [0.05, 0.1) is 24.3 Å². The Kier molecular flexibility index (Phi) is 2.87. The van der Waals surface area contributed by atoms with Crippen molar-refractivity contribution in [2.45, 2.75) is 25.3 Å². The fourth-order valence-corrected chi connectivity index (χ4v) is 3.33. The van der Waals surface area contributed by atoms with Gasteiger partial charge in [-0.25, -0.2) is 14.3 Å². The number of nitrogens with zero attached hydrogens (tertiary/aromatic N) is 3. The molecule has 2 aliphatic rings. The van der Waals surface area contributed by atoms with Gasteiger partial charge in [-0.3, -0.25) is 4.79 Å². The summed E-state index contributed by atoms with van der Waals surface area (Å²) in [4.78, 5) is 26.5. The van der Waals surface area contributed by atoms with Crippen LogP contribution in [0.5, 0.6) is 0 Å². The van der Waals surface area contributed by atoms with E-state index in [1.165, 1.54) is 4.40 Å². The highest BCUT2D eigenvalue weighted by Crippen LogP contribution is 2.44. The van der Waals surface area contributed by atoms with Crippen molar-refractivity contribution in [1.29, 1.82) is 0 Å². The minimum absolute atomic E-state index is 0.0484. The van der Waals surface area contributed by atoms with Crippen LogP contribution in [0.4, 0.5) is 0 Å². The van der Waals surface area contributed by atoms with E-state index in [1.54, 1.807) is 18.3 Å². The lowest BCUT2D eigenvalue weighted by atomic mass is 9.92. The predicted octanol–water partition coefficient (Wildman–Crippen LogP) is 0.664. The number of fused-ring (bicyclic) bond motifs is 1. The Morgan fingerprint density at radius 1 is 1.45 bits per heavy atom. The Balaban J connectivity index is 1.71. The number of amides is 1. The number of ether oxygens (including phenoxy) is 1. The van der Waals surface area contributed by atoms with Gasteiger partial charge in [0.1, 0.15) is 0 Å². The highest BCUT2D eigenvalue weighted by molar-refractivity contribution is 5.95. The summed E-state index contributed by atoms with van der Waals surface area (Å²) in [6.45, 7) is 3.83. The molecule has 4 rings (SSSR count). The van der Waals surface area contributed by atoms with Gasteiger partial charge in [0, 0.05) is 12.7 Å². The van der Waals surface area contributed by atoms with Gasteiger partial charge in [-0.2, -0.15) is 5.10 Å². The number of morpholine rings is 1. The number of nitrogens with one attached hydrogen (secondary N) is 1. The van der Waals surface area contributed by atoms with Crippen LogP contribution in [0.1, 0.15) is 30.1 Å². The maximum atomic E-state index is 12.9. The molecule has 1 atom stereocenters. The van der Waals surface area contributed by atoms with Crippen LogP contribution < -0.4 is 5.69 Å². The van der Waals surface area contributed by atoms with Crippen LogP contribution in [-0.2, 0) is 4.74 Å². The topological polar surface area (TPSA) is 79.7 Å².